The van der Waals surface area contributed by atoms with E-state index in [0.29, 0.717) is 0 Å². The Morgan fingerprint density at radius 2 is 2.43 bits per heavy atom. The van der Waals surface area contributed by atoms with E-state index >= 15 is 0 Å². The van der Waals surface area contributed by atoms with E-state index < -0.39 is 18.6 Å². The van der Waals surface area contributed by atoms with Crippen molar-refractivity contribution in [3.63, 3.8) is 0 Å². The Morgan fingerprint density at radius 3 is 2.86 bits per heavy atom. The molecule has 0 aromatic carbocycles. The summed E-state index contributed by atoms with van der Waals surface area (Å²) in [6, 6.07) is 0. The average molecular weight is 157 g/mol. The lowest BCUT2D eigenvalue weighted by Gasteiger charge is -1.93. The molecule has 44 valence electrons. The summed E-state index contributed by atoms with van der Waals surface area (Å²) in [5.41, 5.74) is 0. The van der Waals surface area contributed by atoms with E-state index in [-0.39, 0.29) is 6.23 Å². The van der Waals surface area contributed by atoms with Gasteiger partial charge in [0.05, 0.1) is 6.23 Å². The molecule has 0 aliphatic heterocycles. The summed E-state index contributed by atoms with van der Waals surface area (Å²) < 4.78 is 4.95. The van der Waals surface area contributed by atoms with Gasteiger partial charge in [0.25, 0.3) is 0 Å². The first kappa shape index (κ1) is 7.64. The van der Waals surface area contributed by atoms with Crippen molar-refractivity contribution in [3.05, 3.63) is 0 Å². The van der Waals surface area contributed by atoms with Crippen molar-refractivity contribution in [1.82, 2.24) is 0 Å². The Morgan fingerprint density at radius 1 is 1.71 bits per heavy atom. The third-order valence-electron chi connectivity index (χ3n) is 0.457. The molecule has 0 heterocycles. The quantitative estimate of drug-likeness (QED) is 0.299. The molecule has 0 unspecified atom stereocenters. The van der Waals surface area contributed by atoms with Gasteiger partial charge in [0.15, 0.2) is 18.6 Å². The maximum atomic E-state index is 8.20. The number of rotatable bonds is 4. The molecule has 0 aliphatic rings. The molecule has 0 fully saturated rings. The summed E-state index contributed by atoms with van der Waals surface area (Å²) in [5, 5.41) is 8.20. The average Bonchev–Trinajstić information content (AvgIpc) is 1.69. The summed E-state index contributed by atoms with van der Waals surface area (Å²) in [6.07, 6.45) is 0.972. The fourth-order valence-electron chi connectivity index (χ4n) is 0.221. The number of halogens is 1. The first-order chi connectivity index (χ1) is 3.41. The molecular weight excluding hydrogens is 148 g/mol. The monoisotopic (exact) mass is 156 g/mol. The summed E-state index contributed by atoms with van der Waals surface area (Å²) in [4.78, 5) is 0. The molecule has 0 aromatic rings. The smallest absolute Gasteiger partial charge is 0.186 e. The molecule has 0 radical (unpaired) electrons. The second kappa shape index (κ2) is 6.64. The first-order valence-corrected chi connectivity index (χ1v) is 6.88. The molecule has 0 amide bonds. The lowest BCUT2D eigenvalue weighted by Crippen LogP contribution is -2.06. The topological polar surface area (TPSA) is 29.5 Å². The van der Waals surface area contributed by atoms with E-state index in [1.54, 1.807) is 0 Å². The molecule has 0 aliphatic carbocycles. The van der Waals surface area contributed by atoms with Crippen LogP contribution in [-0.2, 0) is 4.43 Å². The standard InChI is InChI=1S/C2H9ClO2Si2/c3-6-2-5-7-1-4/h4H,1-2,6-7H2. The molecule has 0 atom stereocenters. The molecule has 0 rings (SSSR count). The van der Waals surface area contributed by atoms with Crippen molar-refractivity contribution >= 4 is 29.7 Å². The van der Waals surface area contributed by atoms with Crippen LogP contribution in [0, 0.1) is 0 Å². The highest BCUT2D eigenvalue weighted by Gasteiger charge is 1.82. The predicted molar refractivity (Wildman–Crippen MR) is 36.0 cm³/mol. The van der Waals surface area contributed by atoms with Gasteiger partial charge >= 0.3 is 0 Å². The Labute approximate surface area is 52.3 Å². The number of hydrogen-bond donors (Lipinski definition) is 1. The fourth-order valence-corrected chi connectivity index (χ4v) is 2.59. The van der Waals surface area contributed by atoms with Crippen molar-refractivity contribution in [1.29, 1.82) is 0 Å². The van der Waals surface area contributed by atoms with Crippen LogP contribution in [0.25, 0.3) is 0 Å². The van der Waals surface area contributed by atoms with Crippen LogP contribution in [0.3, 0.4) is 0 Å². The Bertz CT molecular complexity index is 32.9. The summed E-state index contributed by atoms with van der Waals surface area (Å²) in [7, 11) is -1.02. The maximum absolute atomic E-state index is 8.20. The minimum Gasteiger partial charge on any atom is -0.424 e. The molecule has 0 saturated carbocycles. The minimum absolute atomic E-state index is 0.241. The van der Waals surface area contributed by atoms with Gasteiger partial charge in [-0.05, 0) is 0 Å². The third-order valence-corrected chi connectivity index (χ3v) is 2.70. The van der Waals surface area contributed by atoms with Crippen LogP contribution in [0.4, 0.5) is 0 Å². The van der Waals surface area contributed by atoms with E-state index in [1.165, 1.54) is 0 Å². The van der Waals surface area contributed by atoms with Gasteiger partial charge in [-0.25, -0.2) is 0 Å². The van der Waals surface area contributed by atoms with Crippen molar-refractivity contribution in [2.75, 3.05) is 12.5 Å². The normalized spacial score (nSPS) is 12.9. The minimum atomic E-state index is -0.583. The Kier molecular flexibility index (Phi) is 7.25. The van der Waals surface area contributed by atoms with Gasteiger partial charge in [-0.3, -0.25) is 0 Å². The molecule has 7 heavy (non-hydrogen) atoms. The second-order valence-corrected chi connectivity index (χ2v) is 4.21. The highest BCUT2D eigenvalue weighted by Crippen LogP contribution is 1.70. The Balaban J connectivity index is 2.45. The summed E-state index contributed by atoms with van der Waals surface area (Å²) >= 11 is 5.39. The zero-order valence-electron chi connectivity index (χ0n) is 4.06. The second-order valence-electron chi connectivity index (χ2n) is 1.02. The van der Waals surface area contributed by atoms with E-state index in [9.17, 15) is 0 Å². The van der Waals surface area contributed by atoms with Gasteiger partial charge in [-0.15, -0.1) is 0 Å². The number of hydrogen-bond acceptors (Lipinski definition) is 2. The Hall–Kier alpha value is 0.644. The van der Waals surface area contributed by atoms with Gasteiger partial charge in [0.1, 0.15) is 0 Å². The number of aliphatic hydroxyl groups is 1. The highest BCUT2D eigenvalue weighted by molar-refractivity contribution is 6.93. The van der Waals surface area contributed by atoms with Crippen molar-refractivity contribution in [2.24, 2.45) is 0 Å². The zero-order chi connectivity index (χ0) is 5.54. The van der Waals surface area contributed by atoms with Crippen LogP contribution < -0.4 is 0 Å². The van der Waals surface area contributed by atoms with Crippen LogP contribution in [0.15, 0.2) is 0 Å². The molecule has 5 heteroatoms. The third kappa shape index (κ3) is 6.64. The van der Waals surface area contributed by atoms with Gasteiger partial charge in [0, 0.05) is 6.23 Å². The van der Waals surface area contributed by atoms with E-state index in [0.717, 1.165) is 6.23 Å². The van der Waals surface area contributed by atoms with Gasteiger partial charge < -0.3 is 9.53 Å². The molecular formula is C2H9ClO2Si2. The molecule has 0 bridgehead atoms. The molecule has 0 saturated heterocycles. The van der Waals surface area contributed by atoms with E-state index in [4.69, 9.17) is 20.6 Å². The fraction of sp³-hybridized carbons (Fsp3) is 1.00. The maximum Gasteiger partial charge on any atom is 0.186 e. The van der Waals surface area contributed by atoms with E-state index in [1.807, 2.05) is 0 Å². The number of aliphatic hydroxyl groups excluding tert-OH is 1. The van der Waals surface area contributed by atoms with Crippen molar-refractivity contribution in [2.45, 2.75) is 0 Å². The lowest BCUT2D eigenvalue weighted by atomic mass is 11.7. The molecule has 1 N–H and O–H groups in total. The van der Waals surface area contributed by atoms with Gasteiger partial charge in [-0.2, -0.15) is 11.1 Å². The van der Waals surface area contributed by atoms with Crippen LogP contribution in [-0.4, -0.2) is 36.2 Å². The first-order valence-electron chi connectivity index (χ1n) is 2.16. The molecule has 0 spiro atoms. The highest BCUT2D eigenvalue weighted by atomic mass is 35.6. The summed E-state index contributed by atoms with van der Waals surface area (Å²) in [6.45, 7) is 0. The van der Waals surface area contributed by atoms with Gasteiger partial charge in [-0.1, -0.05) is 0 Å². The van der Waals surface area contributed by atoms with E-state index in [2.05, 4.69) is 0 Å². The van der Waals surface area contributed by atoms with Crippen LogP contribution in [0.1, 0.15) is 0 Å². The molecule has 2 nitrogen and oxygen atoms in total. The zero-order valence-corrected chi connectivity index (χ0v) is 7.65. The van der Waals surface area contributed by atoms with Crippen LogP contribution >= 0.6 is 11.1 Å². The lowest BCUT2D eigenvalue weighted by molar-refractivity contribution is 0.322. The van der Waals surface area contributed by atoms with Gasteiger partial charge in [0.2, 0.25) is 0 Å². The summed E-state index contributed by atoms with van der Waals surface area (Å²) in [5.74, 6) is 0. The SMILES string of the molecule is OC[SiH2]OC[SiH2]Cl. The van der Waals surface area contributed by atoms with Crippen molar-refractivity contribution in [3.8, 4) is 0 Å². The predicted octanol–water partition coefficient (Wildman–Crippen LogP) is -1.68. The van der Waals surface area contributed by atoms with Crippen LogP contribution in [0.5, 0.6) is 0 Å². The van der Waals surface area contributed by atoms with Crippen LogP contribution in [0.2, 0.25) is 0 Å². The van der Waals surface area contributed by atoms with Crippen molar-refractivity contribution < 1.29 is 9.53 Å². The molecule has 0 aromatic heterocycles. The largest absolute Gasteiger partial charge is 0.424 e.